The van der Waals surface area contributed by atoms with Crippen LogP contribution in [-0.4, -0.2) is 58.3 Å². The summed E-state index contributed by atoms with van der Waals surface area (Å²) in [6.45, 7) is 0.414. The van der Waals surface area contributed by atoms with E-state index >= 15 is 0 Å². The third-order valence-corrected chi connectivity index (χ3v) is 1.99. The highest BCUT2D eigenvalue weighted by molar-refractivity contribution is 5.81. The van der Waals surface area contributed by atoms with Gasteiger partial charge in [-0.3, -0.25) is 4.79 Å². The molecule has 1 aliphatic heterocycles. The Labute approximate surface area is 85.2 Å². The summed E-state index contributed by atoms with van der Waals surface area (Å²) in [7, 11) is 0. The van der Waals surface area contributed by atoms with Gasteiger partial charge in [0.25, 0.3) is 0 Å². The second-order valence-electron chi connectivity index (χ2n) is 3.17. The van der Waals surface area contributed by atoms with Gasteiger partial charge in [-0.15, -0.1) is 0 Å². The van der Waals surface area contributed by atoms with Gasteiger partial charge in [-0.05, 0) is 0 Å². The lowest BCUT2D eigenvalue weighted by molar-refractivity contribution is -0.161. The van der Waals surface area contributed by atoms with Crippen LogP contribution in [0.2, 0.25) is 0 Å². The van der Waals surface area contributed by atoms with Gasteiger partial charge in [0.2, 0.25) is 6.10 Å². The van der Waals surface area contributed by atoms with E-state index in [9.17, 15) is 19.8 Å². The molecular weight excluding hydrogens is 208 g/mol. The van der Waals surface area contributed by atoms with Crippen LogP contribution in [0, 0.1) is 0 Å². The third-order valence-electron chi connectivity index (χ3n) is 1.99. The fraction of sp³-hybridized carbons (Fsp3) is 0.750. The molecule has 7 nitrogen and oxygen atoms in total. The highest BCUT2D eigenvalue weighted by Crippen LogP contribution is 2.21. The van der Waals surface area contributed by atoms with Crippen LogP contribution in [0.1, 0.15) is 6.92 Å². The standard InChI is InChI=1S/C8H12O7/c1-3(10)14-7-5(12)6(4(11)2-9)15-8(7)13/h4-7,9,11-12H,2H2,1H3. The van der Waals surface area contributed by atoms with E-state index in [-0.39, 0.29) is 0 Å². The van der Waals surface area contributed by atoms with E-state index in [0.29, 0.717) is 0 Å². The van der Waals surface area contributed by atoms with Gasteiger partial charge in [-0.1, -0.05) is 0 Å². The maximum atomic E-state index is 11.1. The first-order chi connectivity index (χ1) is 6.97. The summed E-state index contributed by atoms with van der Waals surface area (Å²) < 4.78 is 9.07. The Morgan fingerprint density at radius 2 is 2.27 bits per heavy atom. The van der Waals surface area contributed by atoms with E-state index in [2.05, 4.69) is 9.47 Å². The summed E-state index contributed by atoms with van der Waals surface area (Å²) in [5, 5.41) is 27.3. The van der Waals surface area contributed by atoms with Crippen LogP contribution in [0.15, 0.2) is 0 Å². The van der Waals surface area contributed by atoms with Gasteiger partial charge in [0.05, 0.1) is 6.61 Å². The summed E-state index contributed by atoms with van der Waals surface area (Å²) in [6.07, 6.45) is -5.58. The van der Waals surface area contributed by atoms with Crippen LogP contribution in [0.4, 0.5) is 0 Å². The van der Waals surface area contributed by atoms with Crippen molar-refractivity contribution in [2.24, 2.45) is 0 Å². The molecule has 1 fully saturated rings. The number of aliphatic hydroxyl groups excluding tert-OH is 3. The van der Waals surface area contributed by atoms with E-state index in [1.165, 1.54) is 0 Å². The Hall–Kier alpha value is -1.18. The topological polar surface area (TPSA) is 113 Å². The number of hydrogen-bond acceptors (Lipinski definition) is 7. The number of ether oxygens (including phenoxy) is 2. The molecule has 7 heteroatoms. The summed E-state index contributed by atoms with van der Waals surface area (Å²) in [4.78, 5) is 21.7. The summed E-state index contributed by atoms with van der Waals surface area (Å²) in [6, 6.07) is 0. The molecule has 1 heterocycles. The average molecular weight is 220 g/mol. The van der Waals surface area contributed by atoms with Crippen molar-refractivity contribution in [3.8, 4) is 0 Å². The zero-order valence-electron chi connectivity index (χ0n) is 7.99. The van der Waals surface area contributed by atoms with E-state index in [1.54, 1.807) is 0 Å². The Bertz CT molecular complexity index is 264. The highest BCUT2D eigenvalue weighted by Gasteiger charge is 2.48. The summed E-state index contributed by atoms with van der Waals surface area (Å²) in [5.74, 6) is -1.68. The molecule has 0 bridgehead atoms. The number of carbonyl (C=O) groups is 2. The summed E-state index contributed by atoms with van der Waals surface area (Å²) >= 11 is 0. The van der Waals surface area contributed by atoms with Crippen molar-refractivity contribution in [3.63, 3.8) is 0 Å². The number of esters is 2. The van der Waals surface area contributed by atoms with Crippen LogP contribution < -0.4 is 0 Å². The van der Waals surface area contributed by atoms with Crippen molar-refractivity contribution in [1.29, 1.82) is 0 Å². The van der Waals surface area contributed by atoms with Gasteiger partial charge in [-0.2, -0.15) is 0 Å². The first-order valence-electron chi connectivity index (χ1n) is 4.32. The number of carbonyl (C=O) groups excluding carboxylic acids is 2. The molecular formula is C8H12O7. The lowest BCUT2D eigenvalue weighted by Crippen LogP contribution is -2.41. The van der Waals surface area contributed by atoms with Crippen molar-refractivity contribution in [2.75, 3.05) is 6.61 Å². The second-order valence-corrected chi connectivity index (χ2v) is 3.17. The van der Waals surface area contributed by atoms with Gasteiger partial charge in [0.15, 0.2) is 6.10 Å². The molecule has 0 aromatic carbocycles. The molecule has 0 aromatic rings. The van der Waals surface area contributed by atoms with Crippen molar-refractivity contribution < 1.29 is 34.4 Å². The van der Waals surface area contributed by atoms with Crippen LogP contribution in [0.3, 0.4) is 0 Å². The average Bonchev–Trinajstić information content (AvgIpc) is 2.44. The first kappa shape index (κ1) is 11.9. The second kappa shape index (κ2) is 4.56. The van der Waals surface area contributed by atoms with Crippen LogP contribution in [0.25, 0.3) is 0 Å². The molecule has 0 aliphatic carbocycles. The fourth-order valence-corrected chi connectivity index (χ4v) is 1.29. The Balaban J connectivity index is 2.69. The predicted octanol–water partition coefficient (Wildman–Crippen LogP) is -2.44. The maximum absolute atomic E-state index is 11.1. The molecule has 1 aliphatic rings. The van der Waals surface area contributed by atoms with Crippen molar-refractivity contribution >= 4 is 11.9 Å². The van der Waals surface area contributed by atoms with Gasteiger partial charge < -0.3 is 24.8 Å². The van der Waals surface area contributed by atoms with Crippen molar-refractivity contribution in [3.05, 3.63) is 0 Å². The Kier molecular flexibility index (Phi) is 3.61. The molecule has 86 valence electrons. The number of aliphatic hydroxyl groups is 3. The van der Waals surface area contributed by atoms with E-state index in [4.69, 9.17) is 5.11 Å². The molecule has 3 N–H and O–H groups in total. The molecule has 0 amide bonds. The summed E-state index contributed by atoms with van der Waals surface area (Å²) in [5.41, 5.74) is 0. The first-order valence-corrected chi connectivity index (χ1v) is 4.32. The molecule has 0 radical (unpaired) electrons. The third kappa shape index (κ3) is 2.44. The molecule has 1 saturated heterocycles. The normalized spacial score (nSPS) is 32.3. The van der Waals surface area contributed by atoms with Crippen LogP contribution >= 0.6 is 0 Å². The molecule has 1 rings (SSSR count). The number of hydrogen-bond donors (Lipinski definition) is 3. The minimum absolute atomic E-state index is 0.665. The largest absolute Gasteiger partial charge is 0.454 e. The van der Waals surface area contributed by atoms with Crippen molar-refractivity contribution in [1.82, 2.24) is 0 Å². The van der Waals surface area contributed by atoms with Gasteiger partial charge in [-0.25, -0.2) is 4.79 Å². The van der Waals surface area contributed by atoms with E-state index in [0.717, 1.165) is 6.92 Å². The van der Waals surface area contributed by atoms with Crippen LogP contribution in [-0.2, 0) is 19.1 Å². The van der Waals surface area contributed by atoms with Gasteiger partial charge in [0.1, 0.15) is 12.2 Å². The SMILES string of the molecule is CC(=O)OC1C(=O)OC(C(O)CO)C1O. The molecule has 0 spiro atoms. The zero-order valence-corrected chi connectivity index (χ0v) is 7.99. The lowest BCUT2D eigenvalue weighted by Gasteiger charge is -2.18. The minimum atomic E-state index is -1.47. The minimum Gasteiger partial charge on any atom is -0.454 e. The molecule has 4 unspecified atom stereocenters. The number of cyclic esters (lactones) is 1. The monoisotopic (exact) mass is 220 g/mol. The predicted molar refractivity (Wildman–Crippen MR) is 44.5 cm³/mol. The number of rotatable bonds is 3. The Morgan fingerprint density at radius 1 is 1.67 bits per heavy atom. The van der Waals surface area contributed by atoms with Crippen LogP contribution in [0.5, 0.6) is 0 Å². The quantitative estimate of drug-likeness (QED) is 0.453. The zero-order chi connectivity index (χ0) is 11.6. The fourth-order valence-electron chi connectivity index (χ4n) is 1.29. The molecule has 15 heavy (non-hydrogen) atoms. The van der Waals surface area contributed by atoms with Crippen molar-refractivity contribution in [2.45, 2.75) is 31.3 Å². The van der Waals surface area contributed by atoms with Gasteiger partial charge >= 0.3 is 11.9 Å². The van der Waals surface area contributed by atoms with Gasteiger partial charge in [0, 0.05) is 6.92 Å². The molecule has 4 atom stereocenters. The molecule has 0 aromatic heterocycles. The molecule has 0 saturated carbocycles. The maximum Gasteiger partial charge on any atom is 0.350 e. The highest BCUT2D eigenvalue weighted by atomic mass is 16.6. The smallest absolute Gasteiger partial charge is 0.350 e. The lowest BCUT2D eigenvalue weighted by atomic mass is 10.1. The van der Waals surface area contributed by atoms with E-state index in [1.807, 2.05) is 0 Å². The Morgan fingerprint density at radius 3 is 2.73 bits per heavy atom. The van der Waals surface area contributed by atoms with E-state index < -0.39 is 43.0 Å².